The average Bonchev–Trinajstić information content (AvgIpc) is 2.52. The number of benzene rings is 1. The first-order valence-corrected chi connectivity index (χ1v) is 6.99. The number of carbonyl (C=O) groups is 1. The van der Waals surface area contributed by atoms with E-state index in [9.17, 15) is 4.79 Å². The Morgan fingerprint density at radius 2 is 1.95 bits per heavy atom. The van der Waals surface area contributed by atoms with Crippen LogP contribution in [0.15, 0.2) is 24.3 Å². The molecule has 0 spiro atoms. The molecule has 7 heteroatoms. The lowest BCUT2D eigenvalue weighted by molar-refractivity contribution is -0.115. The zero-order valence-corrected chi connectivity index (χ0v) is 13.7. The van der Waals surface area contributed by atoms with Crippen LogP contribution >= 0.6 is 12.2 Å². The number of hydrogen-bond donors (Lipinski definition) is 2. The van der Waals surface area contributed by atoms with E-state index in [1.54, 1.807) is 39.5 Å². The number of hydrogen-bond acceptors (Lipinski definition) is 5. The summed E-state index contributed by atoms with van der Waals surface area (Å²) in [5.74, 6) is 0.916. The molecule has 1 aromatic carbocycles. The Kier molecular flexibility index (Phi) is 7.95. The van der Waals surface area contributed by atoms with Crippen LogP contribution < -0.4 is 20.1 Å². The highest BCUT2D eigenvalue weighted by molar-refractivity contribution is 7.80. The van der Waals surface area contributed by atoms with Gasteiger partial charge in [-0.3, -0.25) is 10.1 Å². The van der Waals surface area contributed by atoms with Crippen molar-refractivity contribution < 1.29 is 19.0 Å². The second-order valence-corrected chi connectivity index (χ2v) is 4.59. The SMILES string of the molecule is COCCNC(=S)NC(=O)C=Cc1ccc(OC)c(OC)c1. The van der Waals surface area contributed by atoms with Crippen molar-refractivity contribution in [1.82, 2.24) is 10.6 Å². The number of thiocarbonyl (C=S) groups is 1. The van der Waals surface area contributed by atoms with E-state index in [0.717, 1.165) is 5.56 Å². The van der Waals surface area contributed by atoms with Crippen molar-refractivity contribution in [2.75, 3.05) is 34.5 Å². The molecule has 6 nitrogen and oxygen atoms in total. The highest BCUT2D eigenvalue weighted by atomic mass is 32.1. The minimum Gasteiger partial charge on any atom is -0.493 e. The largest absolute Gasteiger partial charge is 0.493 e. The molecule has 0 saturated carbocycles. The smallest absolute Gasteiger partial charge is 0.250 e. The third kappa shape index (κ3) is 6.11. The quantitative estimate of drug-likeness (QED) is 0.448. The van der Waals surface area contributed by atoms with Gasteiger partial charge in [-0.1, -0.05) is 6.07 Å². The number of carbonyl (C=O) groups excluding carboxylic acids is 1. The first-order chi connectivity index (χ1) is 10.6. The molecule has 1 amide bonds. The first-order valence-electron chi connectivity index (χ1n) is 6.58. The van der Waals surface area contributed by atoms with Crippen molar-refractivity contribution in [3.8, 4) is 11.5 Å². The van der Waals surface area contributed by atoms with Gasteiger partial charge in [0.1, 0.15) is 0 Å². The maximum absolute atomic E-state index is 11.7. The summed E-state index contributed by atoms with van der Waals surface area (Å²) in [6, 6.07) is 5.37. The van der Waals surface area contributed by atoms with E-state index in [1.165, 1.54) is 6.08 Å². The van der Waals surface area contributed by atoms with Crippen molar-refractivity contribution in [3.63, 3.8) is 0 Å². The molecular weight excluding hydrogens is 304 g/mol. The second kappa shape index (κ2) is 9.75. The van der Waals surface area contributed by atoms with Crippen LogP contribution in [0.25, 0.3) is 6.08 Å². The van der Waals surface area contributed by atoms with Crippen LogP contribution in [0.2, 0.25) is 0 Å². The summed E-state index contributed by atoms with van der Waals surface area (Å²) in [6.07, 6.45) is 3.06. The molecule has 0 heterocycles. The molecule has 0 fully saturated rings. The van der Waals surface area contributed by atoms with E-state index in [1.807, 2.05) is 6.07 Å². The Hall–Kier alpha value is -2.12. The van der Waals surface area contributed by atoms with Crippen LogP contribution in [0, 0.1) is 0 Å². The fourth-order valence-electron chi connectivity index (χ4n) is 1.59. The summed E-state index contributed by atoms with van der Waals surface area (Å²) in [6.45, 7) is 1.05. The Morgan fingerprint density at radius 3 is 2.59 bits per heavy atom. The van der Waals surface area contributed by atoms with Gasteiger partial charge in [0.25, 0.3) is 0 Å². The first kappa shape index (κ1) is 17.9. The summed E-state index contributed by atoms with van der Waals surface area (Å²) >= 11 is 4.98. The molecule has 0 saturated heterocycles. The molecule has 22 heavy (non-hydrogen) atoms. The number of amides is 1. The van der Waals surface area contributed by atoms with Gasteiger partial charge in [-0.15, -0.1) is 0 Å². The van der Waals surface area contributed by atoms with E-state index < -0.39 is 0 Å². The third-order valence-electron chi connectivity index (χ3n) is 2.66. The summed E-state index contributed by atoms with van der Waals surface area (Å²) in [5.41, 5.74) is 0.811. The Bertz CT molecular complexity index is 546. The van der Waals surface area contributed by atoms with Crippen LogP contribution in [-0.2, 0) is 9.53 Å². The Morgan fingerprint density at radius 1 is 1.23 bits per heavy atom. The van der Waals surface area contributed by atoms with E-state index >= 15 is 0 Å². The van der Waals surface area contributed by atoms with Gasteiger partial charge < -0.3 is 19.5 Å². The zero-order chi connectivity index (χ0) is 16.4. The maximum atomic E-state index is 11.7. The molecule has 2 N–H and O–H groups in total. The summed E-state index contributed by atoms with van der Waals surface area (Å²) in [4.78, 5) is 11.7. The van der Waals surface area contributed by atoms with Crippen molar-refractivity contribution in [2.45, 2.75) is 0 Å². The molecule has 0 aliphatic rings. The van der Waals surface area contributed by atoms with Crippen molar-refractivity contribution in [3.05, 3.63) is 29.8 Å². The predicted octanol–water partition coefficient (Wildman–Crippen LogP) is 1.35. The van der Waals surface area contributed by atoms with Gasteiger partial charge in [-0.2, -0.15) is 0 Å². The van der Waals surface area contributed by atoms with Crippen molar-refractivity contribution in [1.29, 1.82) is 0 Å². The molecule has 0 aliphatic heterocycles. The molecular formula is C15H20N2O4S. The van der Waals surface area contributed by atoms with E-state index in [0.29, 0.717) is 24.7 Å². The van der Waals surface area contributed by atoms with E-state index in [4.69, 9.17) is 26.4 Å². The molecule has 0 aliphatic carbocycles. The number of rotatable bonds is 7. The minimum atomic E-state index is -0.315. The van der Waals surface area contributed by atoms with Gasteiger partial charge in [0.15, 0.2) is 16.6 Å². The van der Waals surface area contributed by atoms with Crippen LogP contribution in [0.5, 0.6) is 11.5 Å². The number of ether oxygens (including phenoxy) is 3. The molecule has 0 unspecified atom stereocenters. The summed E-state index contributed by atoms with van der Waals surface area (Å²) in [5, 5.41) is 5.66. The van der Waals surface area contributed by atoms with Crippen LogP contribution in [0.4, 0.5) is 0 Å². The molecule has 120 valence electrons. The standard InChI is InChI=1S/C15H20N2O4S/c1-19-9-8-16-15(22)17-14(18)7-5-11-4-6-12(20-2)13(10-11)21-3/h4-7,10H,8-9H2,1-3H3,(H2,16,17,18,22). The minimum absolute atomic E-state index is 0.263. The lowest BCUT2D eigenvalue weighted by Gasteiger charge is -2.08. The van der Waals surface area contributed by atoms with Gasteiger partial charge in [0.05, 0.1) is 20.8 Å². The topological polar surface area (TPSA) is 68.8 Å². The molecule has 1 aromatic rings. The summed E-state index contributed by atoms with van der Waals surface area (Å²) < 4.78 is 15.2. The normalized spacial score (nSPS) is 10.3. The maximum Gasteiger partial charge on any atom is 0.250 e. The highest BCUT2D eigenvalue weighted by Crippen LogP contribution is 2.27. The zero-order valence-electron chi connectivity index (χ0n) is 12.8. The van der Waals surface area contributed by atoms with Crippen LogP contribution in [0.3, 0.4) is 0 Å². The van der Waals surface area contributed by atoms with Gasteiger partial charge in [-0.05, 0) is 36.0 Å². The number of nitrogens with one attached hydrogen (secondary N) is 2. The fraction of sp³-hybridized carbons (Fsp3) is 0.333. The Labute approximate surface area is 135 Å². The van der Waals surface area contributed by atoms with Gasteiger partial charge in [0.2, 0.25) is 5.91 Å². The van der Waals surface area contributed by atoms with Crippen molar-refractivity contribution in [2.24, 2.45) is 0 Å². The lowest BCUT2D eigenvalue weighted by atomic mass is 10.2. The monoisotopic (exact) mass is 324 g/mol. The second-order valence-electron chi connectivity index (χ2n) is 4.19. The van der Waals surface area contributed by atoms with Crippen LogP contribution in [0.1, 0.15) is 5.56 Å². The van der Waals surface area contributed by atoms with Gasteiger partial charge in [-0.25, -0.2) is 0 Å². The molecule has 0 aromatic heterocycles. The Balaban J connectivity index is 2.56. The van der Waals surface area contributed by atoms with Crippen molar-refractivity contribution >= 4 is 29.3 Å². The fourth-order valence-corrected chi connectivity index (χ4v) is 1.80. The van der Waals surface area contributed by atoms with E-state index in [2.05, 4.69) is 10.6 Å². The summed E-state index contributed by atoms with van der Waals surface area (Å²) in [7, 11) is 4.72. The molecule has 0 radical (unpaired) electrons. The molecule has 1 rings (SSSR count). The van der Waals surface area contributed by atoms with E-state index in [-0.39, 0.29) is 11.0 Å². The van der Waals surface area contributed by atoms with Gasteiger partial charge >= 0.3 is 0 Å². The number of methoxy groups -OCH3 is 3. The third-order valence-corrected chi connectivity index (χ3v) is 2.91. The average molecular weight is 324 g/mol. The van der Waals surface area contributed by atoms with Crippen LogP contribution in [-0.4, -0.2) is 45.5 Å². The highest BCUT2D eigenvalue weighted by Gasteiger charge is 2.04. The lowest BCUT2D eigenvalue weighted by Crippen LogP contribution is -2.39. The molecule has 0 bridgehead atoms. The molecule has 0 atom stereocenters. The van der Waals surface area contributed by atoms with Gasteiger partial charge in [0, 0.05) is 19.7 Å². The predicted molar refractivity (Wildman–Crippen MR) is 89.2 cm³/mol.